The smallest absolute Gasteiger partial charge is 0.289 e. The van der Waals surface area contributed by atoms with E-state index in [0.29, 0.717) is 10.7 Å². The van der Waals surface area contributed by atoms with Crippen molar-refractivity contribution in [2.45, 2.75) is 6.92 Å². The second-order valence-corrected chi connectivity index (χ2v) is 4.01. The van der Waals surface area contributed by atoms with E-state index in [1.54, 1.807) is 14.0 Å². The van der Waals surface area contributed by atoms with Gasteiger partial charge >= 0.3 is 0 Å². The van der Waals surface area contributed by atoms with E-state index in [1.165, 1.54) is 16.7 Å². The van der Waals surface area contributed by atoms with Crippen LogP contribution in [-0.4, -0.2) is 32.9 Å². The fourth-order valence-electron chi connectivity index (χ4n) is 1.14. The van der Waals surface area contributed by atoms with Gasteiger partial charge in [-0.1, -0.05) is 11.6 Å². The predicted molar refractivity (Wildman–Crippen MR) is 65.0 cm³/mol. The summed E-state index contributed by atoms with van der Waals surface area (Å²) in [5, 5.41) is 5.63. The molecule has 0 aliphatic rings. The van der Waals surface area contributed by atoms with Crippen molar-refractivity contribution in [3.05, 3.63) is 16.4 Å². The molecule has 0 fully saturated rings. The molecule has 0 aromatic carbocycles. The van der Waals surface area contributed by atoms with E-state index in [1.807, 2.05) is 0 Å². The standard InChI is InChI=1S/C8H12ClN5OS/c1-4-5(9)6(13(2)11-4)7(15)12-14(3)8(10)16/h1-3H3,(H2,10,16)(H,12,15). The largest absolute Gasteiger partial charge is 0.375 e. The first-order chi connectivity index (χ1) is 7.34. The lowest BCUT2D eigenvalue weighted by molar-refractivity contribution is 0.0878. The lowest BCUT2D eigenvalue weighted by Gasteiger charge is -2.17. The molecule has 0 aliphatic carbocycles. The van der Waals surface area contributed by atoms with Crippen molar-refractivity contribution in [3.63, 3.8) is 0 Å². The number of hydrogen-bond acceptors (Lipinski definition) is 3. The molecule has 16 heavy (non-hydrogen) atoms. The number of carbonyl (C=O) groups is 1. The van der Waals surface area contributed by atoms with Crippen molar-refractivity contribution >= 4 is 34.8 Å². The lowest BCUT2D eigenvalue weighted by atomic mass is 10.3. The van der Waals surface area contributed by atoms with Gasteiger partial charge in [-0.3, -0.25) is 19.9 Å². The van der Waals surface area contributed by atoms with Crippen LogP contribution >= 0.6 is 23.8 Å². The molecule has 0 spiro atoms. The normalized spacial score (nSPS) is 10.0. The Kier molecular flexibility index (Phi) is 3.71. The number of amides is 1. The molecule has 1 aromatic rings. The maximum absolute atomic E-state index is 11.8. The average Bonchev–Trinajstić information content (AvgIpc) is 2.40. The van der Waals surface area contributed by atoms with Gasteiger partial charge in [0.15, 0.2) is 5.11 Å². The van der Waals surface area contributed by atoms with Gasteiger partial charge in [-0.25, -0.2) is 0 Å². The van der Waals surface area contributed by atoms with Gasteiger partial charge < -0.3 is 5.73 Å². The summed E-state index contributed by atoms with van der Waals surface area (Å²) in [6.45, 7) is 1.72. The minimum absolute atomic E-state index is 0.0587. The van der Waals surface area contributed by atoms with Crippen molar-refractivity contribution in [2.75, 3.05) is 7.05 Å². The van der Waals surface area contributed by atoms with Crippen molar-refractivity contribution in [2.24, 2.45) is 12.8 Å². The minimum Gasteiger partial charge on any atom is -0.375 e. The van der Waals surface area contributed by atoms with E-state index >= 15 is 0 Å². The van der Waals surface area contributed by atoms with Crippen LogP contribution in [0.2, 0.25) is 5.02 Å². The number of aromatic nitrogens is 2. The Morgan fingerprint density at radius 1 is 1.69 bits per heavy atom. The van der Waals surface area contributed by atoms with Crippen LogP contribution in [0, 0.1) is 6.92 Å². The summed E-state index contributed by atoms with van der Waals surface area (Å²) in [6.07, 6.45) is 0. The monoisotopic (exact) mass is 261 g/mol. The highest BCUT2D eigenvalue weighted by Crippen LogP contribution is 2.18. The molecule has 8 heteroatoms. The summed E-state index contributed by atoms with van der Waals surface area (Å²) in [5.41, 5.74) is 8.66. The summed E-state index contributed by atoms with van der Waals surface area (Å²) in [5.74, 6) is -0.414. The zero-order valence-electron chi connectivity index (χ0n) is 9.11. The molecule has 88 valence electrons. The van der Waals surface area contributed by atoms with Crippen LogP contribution in [0.5, 0.6) is 0 Å². The zero-order chi connectivity index (χ0) is 12.5. The van der Waals surface area contributed by atoms with Crippen LogP contribution in [0.15, 0.2) is 0 Å². The van der Waals surface area contributed by atoms with E-state index < -0.39 is 5.91 Å². The number of hydrazine groups is 1. The molecule has 1 amide bonds. The molecule has 1 aromatic heterocycles. The Morgan fingerprint density at radius 3 is 2.62 bits per heavy atom. The van der Waals surface area contributed by atoms with E-state index in [2.05, 4.69) is 10.5 Å². The third kappa shape index (κ3) is 2.42. The lowest BCUT2D eigenvalue weighted by Crippen LogP contribution is -2.46. The number of nitrogens with one attached hydrogen (secondary N) is 1. The first-order valence-corrected chi connectivity index (χ1v) is 5.16. The van der Waals surface area contributed by atoms with Crippen LogP contribution in [0.1, 0.15) is 16.2 Å². The minimum atomic E-state index is -0.414. The number of halogens is 1. The molecule has 0 bridgehead atoms. The fraction of sp³-hybridized carbons (Fsp3) is 0.375. The van der Waals surface area contributed by atoms with Gasteiger partial charge in [0.1, 0.15) is 5.69 Å². The molecule has 3 N–H and O–H groups in total. The van der Waals surface area contributed by atoms with Crippen molar-refractivity contribution in [1.82, 2.24) is 20.2 Å². The molecule has 0 aliphatic heterocycles. The molecule has 0 saturated heterocycles. The highest BCUT2D eigenvalue weighted by molar-refractivity contribution is 7.80. The summed E-state index contributed by atoms with van der Waals surface area (Å²) in [4.78, 5) is 11.8. The van der Waals surface area contributed by atoms with Gasteiger partial charge in [-0.05, 0) is 19.1 Å². The average molecular weight is 262 g/mol. The van der Waals surface area contributed by atoms with E-state index in [9.17, 15) is 4.79 Å². The van der Waals surface area contributed by atoms with E-state index in [4.69, 9.17) is 29.6 Å². The maximum Gasteiger partial charge on any atom is 0.289 e. The summed E-state index contributed by atoms with van der Waals surface area (Å²) in [7, 11) is 3.17. The number of nitrogens with two attached hydrogens (primary N) is 1. The Labute approximate surface area is 103 Å². The summed E-state index contributed by atoms with van der Waals surface area (Å²) < 4.78 is 1.40. The summed E-state index contributed by atoms with van der Waals surface area (Å²) >= 11 is 10.6. The molecule has 0 saturated carbocycles. The molecular weight excluding hydrogens is 250 g/mol. The fourth-order valence-corrected chi connectivity index (χ4v) is 1.43. The van der Waals surface area contributed by atoms with Crippen LogP contribution in [0.3, 0.4) is 0 Å². The molecule has 0 atom stereocenters. The second-order valence-electron chi connectivity index (χ2n) is 3.21. The van der Waals surface area contributed by atoms with Crippen molar-refractivity contribution < 1.29 is 4.79 Å². The van der Waals surface area contributed by atoms with Gasteiger partial charge in [-0.2, -0.15) is 5.10 Å². The number of thiocarbonyl (C=S) groups is 1. The van der Waals surface area contributed by atoms with Crippen molar-refractivity contribution in [3.8, 4) is 0 Å². The van der Waals surface area contributed by atoms with Crippen LogP contribution in [0.4, 0.5) is 0 Å². The molecular formula is C8H12ClN5OS. The van der Waals surface area contributed by atoms with E-state index in [-0.39, 0.29) is 10.8 Å². The third-order valence-electron chi connectivity index (χ3n) is 1.96. The number of aryl methyl sites for hydroxylation is 2. The highest BCUT2D eigenvalue weighted by Gasteiger charge is 2.19. The SMILES string of the molecule is Cc1nn(C)c(C(=O)NN(C)C(N)=S)c1Cl. The third-order valence-corrected chi connectivity index (χ3v) is 2.69. The molecule has 1 rings (SSSR count). The number of nitrogens with zero attached hydrogens (tertiary/aromatic N) is 3. The number of rotatable bonds is 1. The molecule has 0 unspecified atom stereocenters. The van der Waals surface area contributed by atoms with Gasteiger partial charge in [-0.15, -0.1) is 0 Å². The Balaban J connectivity index is 2.93. The maximum atomic E-state index is 11.8. The van der Waals surface area contributed by atoms with Gasteiger partial charge in [0, 0.05) is 14.1 Å². The number of hydrogen-bond donors (Lipinski definition) is 2. The first kappa shape index (κ1) is 12.7. The number of carbonyl (C=O) groups excluding carboxylic acids is 1. The van der Waals surface area contributed by atoms with Gasteiger partial charge in [0.05, 0.1) is 10.7 Å². The molecule has 0 radical (unpaired) electrons. The Morgan fingerprint density at radius 2 is 2.25 bits per heavy atom. The second kappa shape index (κ2) is 4.67. The predicted octanol–water partition coefficient (Wildman–Crippen LogP) is 0.202. The Bertz CT molecular complexity index is 444. The summed E-state index contributed by atoms with van der Waals surface area (Å²) in [6, 6.07) is 0. The first-order valence-electron chi connectivity index (χ1n) is 4.37. The van der Waals surface area contributed by atoms with Crippen LogP contribution < -0.4 is 11.2 Å². The quantitative estimate of drug-likeness (QED) is 0.558. The van der Waals surface area contributed by atoms with Crippen molar-refractivity contribution in [1.29, 1.82) is 0 Å². The van der Waals surface area contributed by atoms with Gasteiger partial charge in [0.25, 0.3) is 5.91 Å². The Hall–Kier alpha value is -1.34. The molecule has 1 heterocycles. The highest BCUT2D eigenvalue weighted by atomic mass is 35.5. The molecule has 6 nitrogen and oxygen atoms in total. The van der Waals surface area contributed by atoms with E-state index in [0.717, 1.165) is 0 Å². The van der Waals surface area contributed by atoms with Crippen LogP contribution in [-0.2, 0) is 7.05 Å². The zero-order valence-corrected chi connectivity index (χ0v) is 10.7. The van der Waals surface area contributed by atoms with Crippen LogP contribution in [0.25, 0.3) is 0 Å². The topological polar surface area (TPSA) is 76.2 Å². The van der Waals surface area contributed by atoms with Gasteiger partial charge in [0.2, 0.25) is 0 Å².